The zero-order chi connectivity index (χ0) is 13.0. The average molecular weight is 240 g/mol. The van der Waals surface area contributed by atoms with Crippen molar-refractivity contribution >= 4 is 11.8 Å². The minimum Gasteiger partial charge on any atom is -0.273 e. The van der Waals surface area contributed by atoms with Crippen LogP contribution in [0.2, 0.25) is 0 Å². The molecule has 4 heteroatoms. The van der Waals surface area contributed by atoms with Crippen LogP contribution in [0.1, 0.15) is 47.0 Å². The second kappa shape index (κ2) is 6.03. The van der Waals surface area contributed by atoms with Gasteiger partial charge < -0.3 is 0 Å². The fraction of sp³-hybridized carbons (Fsp3) is 0.846. The highest BCUT2D eigenvalue weighted by Gasteiger charge is 2.29. The van der Waals surface area contributed by atoms with Gasteiger partial charge in [-0.25, -0.2) is 0 Å². The molecule has 1 aliphatic rings. The molecule has 0 aromatic heterocycles. The summed E-state index contributed by atoms with van der Waals surface area (Å²) in [5.41, 5.74) is 0. The first-order valence-electron chi connectivity index (χ1n) is 6.57. The molecule has 0 radical (unpaired) electrons. The Bertz CT molecular complexity index is 259. The van der Waals surface area contributed by atoms with Gasteiger partial charge in [-0.15, -0.1) is 0 Å². The van der Waals surface area contributed by atoms with E-state index in [-0.39, 0.29) is 23.7 Å². The highest BCUT2D eigenvalue weighted by Crippen LogP contribution is 2.16. The van der Waals surface area contributed by atoms with Crippen molar-refractivity contribution in [3.8, 4) is 0 Å². The number of hydrogen-bond donors (Lipinski definition) is 0. The minimum absolute atomic E-state index is 0.0564. The first kappa shape index (κ1) is 14.0. The number of hydrazine groups is 1. The summed E-state index contributed by atoms with van der Waals surface area (Å²) < 4.78 is 0. The molecule has 1 fully saturated rings. The molecule has 0 bridgehead atoms. The van der Waals surface area contributed by atoms with Gasteiger partial charge in [0.2, 0.25) is 11.8 Å². The molecule has 0 aromatic carbocycles. The monoisotopic (exact) mass is 240 g/mol. The Balaban J connectivity index is 2.86. The highest BCUT2D eigenvalue weighted by atomic mass is 16.2. The van der Waals surface area contributed by atoms with E-state index in [9.17, 15) is 9.59 Å². The van der Waals surface area contributed by atoms with Crippen LogP contribution in [-0.2, 0) is 9.59 Å². The predicted molar refractivity (Wildman–Crippen MR) is 67.0 cm³/mol. The van der Waals surface area contributed by atoms with Gasteiger partial charge in [-0.3, -0.25) is 19.6 Å². The average Bonchev–Trinajstić information content (AvgIpc) is 2.51. The minimum atomic E-state index is -0.0597. The largest absolute Gasteiger partial charge is 0.273 e. The molecule has 1 saturated heterocycles. The van der Waals surface area contributed by atoms with E-state index in [2.05, 4.69) is 0 Å². The lowest BCUT2D eigenvalue weighted by Crippen LogP contribution is -2.52. The van der Waals surface area contributed by atoms with E-state index < -0.39 is 0 Å². The summed E-state index contributed by atoms with van der Waals surface area (Å²) in [5.74, 6) is -0.00655. The van der Waals surface area contributed by atoms with Crippen molar-refractivity contribution in [2.75, 3.05) is 13.1 Å². The van der Waals surface area contributed by atoms with Gasteiger partial charge in [-0.05, 0) is 19.3 Å². The first-order chi connectivity index (χ1) is 7.95. The number of nitrogens with zero attached hydrogens (tertiary/aromatic N) is 2. The van der Waals surface area contributed by atoms with Crippen LogP contribution in [0.25, 0.3) is 0 Å². The van der Waals surface area contributed by atoms with Crippen LogP contribution in [0.3, 0.4) is 0 Å². The van der Waals surface area contributed by atoms with Crippen LogP contribution in [0.5, 0.6) is 0 Å². The fourth-order valence-corrected chi connectivity index (χ4v) is 2.00. The smallest absolute Gasteiger partial charge is 0.243 e. The van der Waals surface area contributed by atoms with Crippen molar-refractivity contribution < 1.29 is 9.59 Å². The Morgan fingerprint density at radius 3 is 1.41 bits per heavy atom. The molecule has 17 heavy (non-hydrogen) atoms. The van der Waals surface area contributed by atoms with Gasteiger partial charge in [-0.1, -0.05) is 27.7 Å². The van der Waals surface area contributed by atoms with Crippen LogP contribution in [0.15, 0.2) is 0 Å². The summed E-state index contributed by atoms with van der Waals surface area (Å²) in [4.78, 5) is 24.2. The SMILES string of the molecule is CC(C)C(=O)N1CCCCCN1C(=O)C(C)C. The molecule has 1 heterocycles. The fourth-order valence-electron chi connectivity index (χ4n) is 2.00. The third-order valence-electron chi connectivity index (χ3n) is 3.03. The van der Waals surface area contributed by atoms with Crippen molar-refractivity contribution in [3.05, 3.63) is 0 Å². The van der Waals surface area contributed by atoms with E-state index in [0.717, 1.165) is 19.3 Å². The molecule has 0 saturated carbocycles. The highest BCUT2D eigenvalue weighted by molar-refractivity contribution is 5.84. The number of hydrogen-bond acceptors (Lipinski definition) is 2. The Morgan fingerprint density at radius 2 is 1.12 bits per heavy atom. The van der Waals surface area contributed by atoms with Gasteiger partial charge in [0.1, 0.15) is 0 Å². The van der Waals surface area contributed by atoms with Gasteiger partial charge >= 0.3 is 0 Å². The standard InChI is InChI=1S/C13H24N2O2/c1-10(2)12(16)14-8-6-5-7-9-15(14)13(17)11(3)4/h10-11H,5-9H2,1-4H3. The maximum Gasteiger partial charge on any atom is 0.243 e. The molecule has 0 spiro atoms. The summed E-state index contributed by atoms with van der Waals surface area (Å²) in [7, 11) is 0. The molecule has 0 atom stereocenters. The zero-order valence-electron chi connectivity index (χ0n) is 11.4. The van der Waals surface area contributed by atoms with Gasteiger partial charge in [0.15, 0.2) is 0 Å². The van der Waals surface area contributed by atoms with Crippen LogP contribution >= 0.6 is 0 Å². The molecule has 0 aliphatic carbocycles. The van der Waals surface area contributed by atoms with Crippen molar-refractivity contribution in [1.82, 2.24) is 10.0 Å². The maximum absolute atomic E-state index is 12.1. The summed E-state index contributed by atoms with van der Waals surface area (Å²) in [6, 6.07) is 0. The zero-order valence-corrected chi connectivity index (χ0v) is 11.4. The summed E-state index contributed by atoms with van der Waals surface area (Å²) in [6.07, 6.45) is 3.06. The topological polar surface area (TPSA) is 40.6 Å². The molecule has 0 aromatic rings. The van der Waals surface area contributed by atoms with E-state index in [1.54, 1.807) is 10.0 Å². The van der Waals surface area contributed by atoms with Gasteiger partial charge in [0.25, 0.3) is 0 Å². The molecule has 1 aliphatic heterocycles. The molecular formula is C13H24N2O2. The maximum atomic E-state index is 12.1. The van der Waals surface area contributed by atoms with E-state index >= 15 is 0 Å². The van der Waals surface area contributed by atoms with Crippen LogP contribution in [0.4, 0.5) is 0 Å². The molecule has 0 N–H and O–H groups in total. The lowest BCUT2D eigenvalue weighted by Gasteiger charge is -2.35. The molecular weight excluding hydrogens is 216 g/mol. The van der Waals surface area contributed by atoms with Crippen molar-refractivity contribution in [3.63, 3.8) is 0 Å². The van der Waals surface area contributed by atoms with Crippen LogP contribution in [-0.4, -0.2) is 34.9 Å². The van der Waals surface area contributed by atoms with Crippen molar-refractivity contribution in [2.45, 2.75) is 47.0 Å². The third-order valence-corrected chi connectivity index (χ3v) is 3.03. The molecule has 1 rings (SSSR count). The van der Waals surface area contributed by atoms with Crippen LogP contribution in [0, 0.1) is 11.8 Å². The van der Waals surface area contributed by atoms with E-state index in [1.807, 2.05) is 27.7 Å². The number of rotatable bonds is 2. The summed E-state index contributed by atoms with van der Waals surface area (Å²) >= 11 is 0. The summed E-state index contributed by atoms with van der Waals surface area (Å²) in [6.45, 7) is 8.87. The van der Waals surface area contributed by atoms with Gasteiger partial charge in [0, 0.05) is 24.9 Å². The number of carbonyl (C=O) groups is 2. The molecule has 2 amide bonds. The normalized spacial score (nSPS) is 17.5. The van der Waals surface area contributed by atoms with E-state index in [0.29, 0.717) is 13.1 Å². The second-order valence-electron chi connectivity index (χ2n) is 5.29. The molecule has 0 unspecified atom stereocenters. The Morgan fingerprint density at radius 1 is 0.765 bits per heavy atom. The van der Waals surface area contributed by atoms with Gasteiger partial charge in [0.05, 0.1) is 0 Å². The Hall–Kier alpha value is -1.06. The van der Waals surface area contributed by atoms with Crippen molar-refractivity contribution in [1.29, 1.82) is 0 Å². The van der Waals surface area contributed by atoms with Crippen molar-refractivity contribution in [2.24, 2.45) is 11.8 Å². The van der Waals surface area contributed by atoms with Gasteiger partial charge in [-0.2, -0.15) is 0 Å². The third kappa shape index (κ3) is 3.45. The molecule has 4 nitrogen and oxygen atoms in total. The Kier molecular flexibility index (Phi) is 4.97. The lowest BCUT2D eigenvalue weighted by atomic mass is 10.2. The lowest BCUT2D eigenvalue weighted by molar-refractivity contribution is -0.167. The molecule has 98 valence electrons. The Labute approximate surface area is 104 Å². The van der Waals surface area contributed by atoms with E-state index in [4.69, 9.17) is 0 Å². The summed E-state index contributed by atoms with van der Waals surface area (Å²) in [5, 5.41) is 3.33. The number of carbonyl (C=O) groups excluding carboxylic acids is 2. The predicted octanol–water partition coefficient (Wildman–Crippen LogP) is 2.05. The quantitative estimate of drug-likeness (QED) is 0.741. The second-order valence-corrected chi connectivity index (χ2v) is 5.29. The number of amides is 2. The van der Waals surface area contributed by atoms with Crippen LogP contribution < -0.4 is 0 Å². The van der Waals surface area contributed by atoms with E-state index in [1.165, 1.54) is 0 Å². The first-order valence-corrected chi connectivity index (χ1v) is 6.57.